The summed E-state index contributed by atoms with van der Waals surface area (Å²) in [5.74, 6) is 0.227. The number of likely N-dealkylation sites (N-methyl/N-ethyl adjacent to an activating group) is 1. The van der Waals surface area contributed by atoms with Gasteiger partial charge in [-0.3, -0.25) is 9.78 Å². The van der Waals surface area contributed by atoms with E-state index in [1.54, 1.807) is 6.20 Å². The maximum atomic E-state index is 12.0. The fourth-order valence-electron chi connectivity index (χ4n) is 2.25. The zero-order valence-corrected chi connectivity index (χ0v) is 12.2. The van der Waals surface area contributed by atoms with E-state index >= 15 is 0 Å². The Balaban J connectivity index is 0.00000180. The molecular weight excluding hydrogens is 262 g/mol. The van der Waals surface area contributed by atoms with Crippen molar-refractivity contribution in [1.29, 1.82) is 0 Å². The maximum Gasteiger partial charge on any atom is 0.223 e. The highest BCUT2D eigenvalue weighted by Gasteiger charge is 2.19. The van der Waals surface area contributed by atoms with Gasteiger partial charge >= 0.3 is 0 Å². The first kappa shape index (κ1) is 15.9. The first-order chi connectivity index (χ1) is 8.75. The largest absolute Gasteiger partial charge is 0.345 e. The molecule has 1 aliphatic heterocycles. The van der Waals surface area contributed by atoms with Crippen molar-refractivity contribution in [3.63, 3.8) is 0 Å². The second kappa shape index (κ2) is 8.12. The van der Waals surface area contributed by atoms with E-state index in [0.717, 1.165) is 31.6 Å². The molecule has 1 aromatic heterocycles. The maximum absolute atomic E-state index is 12.0. The van der Waals surface area contributed by atoms with Crippen LogP contribution in [0.4, 0.5) is 0 Å². The SMILES string of the molecule is CN(CCc1ccccn1)C(=O)CC1CCCN1.Cl. The quantitative estimate of drug-likeness (QED) is 0.894. The van der Waals surface area contributed by atoms with E-state index in [-0.39, 0.29) is 18.3 Å². The van der Waals surface area contributed by atoms with E-state index in [9.17, 15) is 4.79 Å². The first-order valence-electron chi connectivity index (χ1n) is 6.63. The molecule has 0 aliphatic carbocycles. The Kier molecular flexibility index (Phi) is 6.81. The first-order valence-corrected chi connectivity index (χ1v) is 6.63. The molecule has 0 spiro atoms. The van der Waals surface area contributed by atoms with Crippen molar-refractivity contribution in [3.05, 3.63) is 30.1 Å². The van der Waals surface area contributed by atoms with Gasteiger partial charge in [0.05, 0.1) is 0 Å². The Labute approximate surface area is 121 Å². The van der Waals surface area contributed by atoms with Crippen molar-refractivity contribution in [2.45, 2.75) is 31.7 Å². The number of hydrogen-bond donors (Lipinski definition) is 1. The average molecular weight is 284 g/mol. The molecule has 1 saturated heterocycles. The second-order valence-electron chi connectivity index (χ2n) is 4.88. The molecule has 0 aromatic carbocycles. The van der Waals surface area contributed by atoms with Crippen molar-refractivity contribution in [2.75, 3.05) is 20.1 Å². The van der Waals surface area contributed by atoms with Crippen molar-refractivity contribution in [2.24, 2.45) is 0 Å². The van der Waals surface area contributed by atoms with E-state index < -0.39 is 0 Å². The number of nitrogens with zero attached hydrogens (tertiary/aromatic N) is 2. The molecule has 2 rings (SSSR count). The number of rotatable bonds is 5. The molecule has 4 nitrogen and oxygen atoms in total. The van der Waals surface area contributed by atoms with Crippen LogP contribution in [0.3, 0.4) is 0 Å². The van der Waals surface area contributed by atoms with Gasteiger partial charge < -0.3 is 10.2 Å². The summed E-state index contributed by atoms with van der Waals surface area (Å²) in [5, 5.41) is 3.36. The third-order valence-electron chi connectivity index (χ3n) is 3.44. The minimum atomic E-state index is 0. The molecule has 106 valence electrons. The number of aromatic nitrogens is 1. The summed E-state index contributed by atoms with van der Waals surface area (Å²) in [6.07, 6.45) is 5.55. The van der Waals surface area contributed by atoms with Crippen LogP contribution in [-0.2, 0) is 11.2 Å². The van der Waals surface area contributed by atoms with E-state index in [4.69, 9.17) is 0 Å². The normalized spacial score (nSPS) is 17.8. The van der Waals surface area contributed by atoms with Crippen molar-refractivity contribution in [1.82, 2.24) is 15.2 Å². The number of carbonyl (C=O) groups is 1. The van der Waals surface area contributed by atoms with E-state index in [1.807, 2.05) is 30.1 Å². The Morgan fingerprint density at radius 1 is 1.53 bits per heavy atom. The van der Waals surface area contributed by atoms with Crippen LogP contribution in [0, 0.1) is 0 Å². The summed E-state index contributed by atoms with van der Waals surface area (Å²) in [4.78, 5) is 18.1. The lowest BCUT2D eigenvalue weighted by atomic mass is 10.1. The molecule has 1 fully saturated rings. The minimum Gasteiger partial charge on any atom is -0.345 e. The summed E-state index contributed by atoms with van der Waals surface area (Å²) in [6.45, 7) is 1.79. The molecule has 0 radical (unpaired) electrons. The molecule has 1 aliphatic rings. The lowest BCUT2D eigenvalue weighted by Gasteiger charge is -2.19. The molecule has 1 aromatic rings. The van der Waals surface area contributed by atoms with Gasteiger partial charge in [0, 0.05) is 44.4 Å². The van der Waals surface area contributed by atoms with Crippen LogP contribution >= 0.6 is 12.4 Å². The highest BCUT2D eigenvalue weighted by molar-refractivity contribution is 5.85. The fourth-order valence-corrected chi connectivity index (χ4v) is 2.25. The monoisotopic (exact) mass is 283 g/mol. The molecule has 1 amide bonds. The van der Waals surface area contributed by atoms with Crippen LogP contribution in [0.5, 0.6) is 0 Å². The van der Waals surface area contributed by atoms with Gasteiger partial charge in [0.25, 0.3) is 0 Å². The van der Waals surface area contributed by atoms with Gasteiger partial charge in [0.1, 0.15) is 0 Å². The van der Waals surface area contributed by atoms with Crippen molar-refractivity contribution < 1.29 is 4.79 Å². The van der Waals surface area contributed by atoms with Crippen LogP contribution in [0.15, 0.2) is 24.4 Å². The fraction of sp³-hybridized carbons (Fsp3) is 0.571. The van der Waals surface area contributed by atoms with Crippen LogP contribution in [0.1, 0.15) is 25.0 Å². The summed E-state index contributed by atoms with van der Waals surface area (Å²) >= 11 is 0. The van der Waals surface area contributed by atoms with Crippen LogP contribution in [0.2, 0.25) is 0 Å². The molecule has 0 bridgehead atoms. The number of amides is 1. The topological polar surface area (TPSA) is 45.2 Å². The third-order valence-corrected chi connectivity index (χ3v) is 3.44. The van der Waals surface area contributed by atoms with Gasteiger partial charge in [-0.2, -0.15) is 0 Å². The van der Waals surface area contributed by atoms with Crippen molar-refractivity contribution >= 4 is 18.3 Å². The molecule has 1 unspecified atom stereocenters. The number of hydrogen-bond acceptors (Lipinski definition) is 3. The van der Waals surface area contributed by atoms with Gasteiger partial charge in [-0.1, -0.05) is 6.07 Å². The third kappa shape index (κ3) is 5.17. The molecule has 2 heterocycles. The molecular formula is C14H22ClN3O. The Morgan fingerprint density at radius 3 is 3.00 bits per heavy atom. The van der Waals surface area contributed by atoms with Gasteiger partial charge in [-0.15, -0.1) is 12.4 Å². The van der Waals surface area contributed by atoms with Crippen LogP contribution < -0.4 is 5.32 Å². The molecule has 1 N–H and O–H groups in total. The summed E-state index contributed by atoms with van der Waals surface area (Å²) < 4.78 is 0. The number of carbonyl (C=O) groups excluding carboxylic acids is 1. The molecule has 1 atom stereocenters. The Hall–Kier alpha value is -1.13. The average Bonchev–Trinajstić information content (AvgIpc) is 2.90. The second-order valence-corrected chi connectivity index (χ2v) is 4.88. The van der Waals surface area contributed by atoms with E-state index in [1.165, 1.54) is 6.42 Å². The lowest BCUT2D eigenvalue weighted by Crippen LogP contribution is -2.34. The molecule has 5 heteroatoms. The number of nitrogens with one attached hydrogen (secondary N) is 1. The minimum absolute atomic E-state index is 0. The summed E-state index contributed by atoms with van der Waals surface area (Å²) in [5.41, 5.74) is 1.04. The van der Waals surface area contributed by atoms with Crippen molar-refractivity contribution in [3.8, 4) is 0 Å². The Morgan fingerprint density at radius 2 is 2.37 bits per heavy atom. The predicted molar refractivity (Wildman–Crippen MR) is 78.5 cm³/mol. The van der Waals surface area contributed by atoms with Crippen LogP contribution in [-0.4, -0.2) is 42.0 Å². The number of halogens is 1. The van der Waals surface area contributed by atoms with E-state index in [2.05, 4.69) is 10.3 Å². The van der Waals surface area contributed by atoms with Gasteiger partial charge in [-0.05, 0) is 31.5 Å². The molecule has 0 saturated carbocycles. The van der Waals surface area contributed by atoms with Crippen LogP contribution in [0.25, 0.3) is 0 Å². The zero-order valence-electron chi connectivity index (χ0n) is 11.3. The zero-order chi connectivity index (χ0) is 12.8. The Bertz CT molecular complexity index is 380. The highest BCUT2D eigenvalue weighted by Crippen LogP contribution is 2.10. The van der Waals surface area contributed by atoms with E-state index in [0.29, 0.717) is 12.5 Å². The summed E-state index contributed by atoms with van der Waals surface area (Å²) in [6, 6.07) is 6.27. The highest BCUT2D eigenvalue weighted by atomic mass is 35.5. The van der Waals surface area contributed by atoms with Gasteiger partial charge in [0.15, 0.2) is 0 Å². The standard InChI is InChI=1S/C14H21N3O.ClH/c1-17(10-7-12-5-2-3-8-15-12)14(18)11-13-6-4-9-16-13;/h2-3,5,8,13,16H,4,6-7,9-11H2,1H3;1H. The smallest absolute Gasteiger partial charge is 0.223 e. The predicted octanol–water partition coefficient (Wildman–Crippen LogP) is 1.65. The van der Waals surface area contributed by atoms with Gasteiger partial charge in [-0.25, -0.2) is 0 Å². The lowest BCUT2D eigenvalue weighted by molar-refractivity contribution is -0.130. The summed E-state index contributed by atoms with van der Waals surface area (Å²) in [7, 11) is 1.88. The molecule has 19 heavy (non-hydrogen) atoms. The number of pyridine rings is 1. The van der Waals surface area contributed by atoms with Gasteiger partial charge in [0.2, 0.25) is 5.91 Å².